The van der Waals surface area contributed by atoms with E-state index in [1.54, 1.807) is 36.8 Å². The molecule has 28 heavy (non-hydrogen) atoms. The van der Waals surface area contributed by atoms with Crippen LogP contribution in [0.1, 0.15) is 46.3 Å². The molecule has 8 nitrogen and oxygen atoms in total. The third-order valence-electron chi connectivity index (χ3n) is 5.22. The maximum absolute atomic E-state index is 12.9. The summed E-state index contributed by atoms with van der Waals surface area (Å²) in [5, 5.41) is 17.7. The van der Waals surface area contributed by atoms with Crippen LogP contribution in [0.3, 0.4) is 0 Å². The largest absolute Gasteiger partial charge is 0.338 e. The predicted octanol–water partition coefficient (Wildman–Crippen LogP) is 1.95. The summed E-state index contributed by atoms with van der Waals surface area (Å²) >= 11 is 0. The molecule has 2 aromatic heterocycles. The minimum absolute atomic E-state index is 0.00463. The zero-order valence-electron chi connectivity index (χ0n) is 15.7. The number of aromatic nitrogens is 5. The highest BCUT2D eigenvalue weighted by atomic mass is 16.2. The molecule has 1 aliphatic rings. The first-order chi connectivity index (χ1) is 13.7. The van der Waals surface area contributed by atoms with Crippen molar-refractivity contribution in [2.24, 2.45) is 7.05 Å². The lowest BCUT2D eigenvalue weighted by molar-refractivity contribution is 0.0703. The van der Waals surface area contributed by atoms with Crippen molar-refractivity contribution in [3.05, 3.63) is 65.8 Å². The summed E-state index contributed by atoms with van der Waals surface area (Å²) in [4.78, 5) is 18.8. The van der Waals surface area contributed by atoms with Gasteiger partial charge in [0.1, 0.15) is 5.82 Å². The number of benzene rings is 1. The van der Waals surface area contributed by atoms with Gasteiger partial charge in [0.2, 0.25) is 0 Å². The predicted molar refractivity (Wildman–Crippen MR) is 101 cm³/mol. The van der Waals surface area contributed by atoms with Crippen LogP contribution in [0, 0.1) is 11.3 Å². The van der Waals surface area contributed by atoms with Crippen LogP contribution in [0.15, 0.2) is 43.0 Å². The zero-order valence-corrected chi connectivity index (χ0v) is 15.7. The number of imidazole rings is 1. The molecule has 0 N–H and O–H groups in total. The summed E-state index contributed by atoms with van der Waals surface area (Å²) in [7, 11) is 1.98. The number of hydrogen-bond donors (Lipinski definition) is 0. The topological polar surface area (TPSA) is 92.6 Å². The Hall–Kier alpha value is -3.47. The van der Waals surface area contributed by atoms with Crippen molar-refractivity contribution >= 4 is 5.91 Å². The van der Waals surface area contributed by atoms with E-state index in [2.05, 4.69) is 21.3 Å². The highest BCUT2D eigenvalue weighted by Gasteiger charge is 2.29. The number of carbonyl (C=O) groups excluding carboxylic acids is 1. The van der Waals surface area contributed by atoms with Crippen LogP contribution < -0.4 is 0 Å². The molecule has 1 atom stereocenters. The lowest BCUT2D eigenvalue weighted by Gasteiger charge is -2.32. The summed E-state index contributed by atoms with van der Waals surface area (Å²) in [6.45, 7) is 1.97. The average molecular weight is 375 g/mol. The van der Waals surface area contributed by atoms with E-state index < -0.39 is 0 Å². The Balaban J connectivity index is 1.48. The van der Waals surface area contributed by atoms with Gasteiger partial charge in [0.05, 0.1) is 24.5 Å². The van der Waals surface area contributed by atoms with Gasteiger partial charge in [0.25, 0.3) is 5.91 Å². The molecule has 0 aliphatic carbocycles. The molecule has 3 aromatic rings. The molecular formula is C20H21N7O. The van der Waals surface area contributed by atoms with Gasteiger partial charge in [-0.3, -0.25) is 4.79 Å². The van der Waals surface area contributed by atoms with Gasteiger partial charge in [-0.15, -0.1) is 10.2 Å². The average Bonchev–Trinajstić information content (AvgIpc) is 3.38. The quantitative estimate of drug-likeness (QED) is 0.695. The Morgan fingerprint density at radius 1 is 1.29 bits per heavy atom. The minimum Gasteiger partial charge on any atom is -0.338 e. The Morgan fingerprint density at radius 3 is 2.82 bits per heavy atom. The van der Waals surface area contributed by atoms with Crippen molar-refractivity contribution < 1.29 is 4.79 Å². The number of rotatable bonds is 4. The fourth-order valence-electron chi connectivity index (χ4n) is 3.65. The number of nitrogens with zero attached hydrogens (tertiary/aromatic N) is 7. The second kappa shape index (κ2) is 7.64. The molecule has 0 saturated carbocycles. The first-order valence-electron chi connectivity index (χ1n) is 9.29. The van der Waals surface area contributed by atoms with Crippen LogP contribution in [0.2, 0.25) is 0 Å². The lowest BCUT2D eigenvalue weighted by atomic mass is 9.96. The Morgan fingerprint density at radius 2 is 2.11 bits per heavy atom. The number of likely N-dealkylation sites (tertiary alicyclic amines) is 1. The summed E-state index contributed by atoms with van der Waals surface area (Å²) in [6.07, 6.45) is 7.30. The van der Waals surface area contributed by atoms with Crippen molar-refractivity contribution in [2.45, 2.75) is 25.3 Å². The second-order valence-corrected chi connectivity index (χ2v) is 7.05. The van der Waals surface area contributed by atoms with Crippen molar-refractivity contribution in [2.75, 3.05) is 13.1 Å². The van der Waals surface area contributed by atoms with E-state index >= 15 is 0 Å². The van der Waals surface area contributed by atoms with Crippen LogP contribution in [0.4, 0.5) is 0 Å². The van der Waals surface area contributed by atoms with Crippen LogP contribution in [0.25, 0.3) is 0 Å². The highest BCUT2D eigenvalue weighted by Crippen LogP contribution is 2.27. The van der Waals surface area contributed by atoms with Crippen molar-refractivity contribution in [1.82, 2.24) is 29.2 Å². The van der Waals surface area contributed by atoms with E-state index in [0.717, 1.165) is 31.0 Å². The van der Waals surface area contributed by atoms with Crippen molar-refractivity contribution in [1.29, 1.82) is 5.26 Å². The van der Waals surface area contributed by atoms with E-state index in [9.17, 15) is 4.79 Å². The molecule has 0 bridgehead atoms. The monoisotopic (exact) mass is 375 g/mol. The molecule has 0 unspecified atom stereocenters. The smallest absolute Gasteiger partial charge is 0.253 e. The maximum atomic E-state index is 12.9. The molecule has 1 saturated heterocycles. The zero-order chi connectivity index (χ0) is 19.5. The van der Waals surface area contributed by atoms with Gasteiger partial charge in [-0.25, -0.2) is 4.98 Å². The molecule has 4 rings (SSSR count). The molecule has 8 heteroatoms. The van der Waals surface area contributed by atoms with E-state index in [4.69, 9.17) is 5.26 Å². The third kappa shape index (κ3) is 3.51. The van der Waals surface area contributed by atoms with Crippen LogP contribution >= 0.6 is 0 Å². The SMILES string of the molecule is Cn1c(Cn2ccnc2)nnc1[C@H]1CCCN(C(=O)c2ccc(C#N)cc2)C1. The maximum Gasteiger partial charge on any atom is 0.253 e. The summed E-state index contributed by atoms with van der Waals surface area (Å²) in [6, 6.07) is 8.87. The fraction of sp³-hybridized carbons (Fsp3) is 0.350. The fourth-order valence-corrected chi connectivity index (χ4v) is 3.65. The van der Waals surface area contributed by atoms with Crippen LogP contribution in [-0.4, -0.2) is 48.2 Å². The van der Waals surface area contributed by atoms with E-state index in [1.165, 1.54) is 0 Å². The normalized spacial score (nSPS) is 16.7. The van der Waals surface area contributed by atoms with E-state index in [-0.39, 0.29) is 11.8 Å². The first-order valence-corrected chi connectivity index (χ1v) is 9.29. The van der Waals surface area contributed by atoms with Gasteiger partial charge in [-0.1, -0.05) is 0 Å². The van der Waals surface area contributed by atoms with Crippen molar-refractivity contribution in [3.63, 3.8) is 0 Å². The number of nitriles is 1. The first kappa shape index (κ1) is 17.9. The van der Waals surface area contributed by atoms with E-state index in [0.29, 0.717) is 24.2 Å². The third-order valence-corrected chi connectivity index (χ3v) is 5.22. The molecule has 0 radical (unpaired) electrons. The number of amides is 1. The Labute approximate surface area is 163 Å². The lowest BCUT2D eigenvalue weighted by Crippen LogP contribution is -2.39. The Kier molecular flexibility index (Phi) is 4.89. The number of piperidine rings is 1. The Bertz CT molecular complexity index is 998. The number of hydrogen-bond acceptors (Lipinski definition) is 5. The molecule has 1 aromatic carbocycles. The highest BCUT2D eigenvalue weighted by molar-refractivity contribution is 5.94. The van der Waals surface area contributed by atoms with Gasteiger partial charge in [-0.2, -0.15) is 5.26 Å². The molecule has 142 valence electrons. The molecule has 0 spiro atoms. The van der Waals surface area contributed by atoms with Gasteiger partial charge in [0.15, 0.2) is 5.82 Å². The van der Waals surface area contributed by atoms with Crippen LogP contribution in [0.5, 0.6) is 0 Å². The van der Waals surface area contributed by atoms with E-state index in [1.807, 2.05) is 27.3 Å². The summed E-state index contributed by atoms with van der Waals surface area (Å²) in [5.74, 6) is 1.93. The molecular weight excluding hydrogens is 354 g/mol. The van der Waals surface area contributed by atoms with Gasteiger partial charge in [0, 0.05) is 44.0 Å². The molecule has 3 heterocycles. The van der Waals surface area contributed by atoms with Gasteiger partial charge >= 0.3 is 0 Å². The minimum atomic E-state index is -0.00463. The van der Waals surface area contributed by atoms with Gasteiger partial charge in [-0.05, 0) is 37.1 Å². The second-order valence-electron chi connectivity index (χ2n) is 7.05. The number of carbonyl (C=O) groups is 1. The molecule has 1 amide bonds. The summed E-state index contributed by atoms with van der Waals surface area (Å²) < 4.78 is 3.98. The standard InChI is InChI=1S/C20H21N7O/c1-25-18(13-26-10-8-22-14-26)23-24-19(25)17-3-2-9-27(12-17)20(28)16-6-4-15(11-21)5-7-16/h4-8,10,14,17H,2-3,9,12-13H2,1H3/t17-/m0/s1. The summed E-state index contributed by atoms with van der Waals surface area (Å²) in [5.41, 5.74) is 1.16. The van der Waals surface area contributed by atoms with Gasteiger partial charge < -0.3 is 14.0 Å². The van der Waals surface area contributed by atoms with Crippen molar-refractivity contribution in [3.8, 4) is 6.07 Å². The molecule has 1 aliphatic heterocycles. The van der Waals surface area contributed by atoms with Crippen LogP contribution in [-0.2, 0) is 13.6 Å². The molecule has 1 fully saturated rings.